The van der Waals surface area contributed by atoms with Gasteiger partial charge in [-0.15, -0.1) is 0 Å². The van der Waals surface area contributed by atoms with Crippen LogP contribution in [0.2, 0.25) is 0 Å². The highest BCUT2D eigenvalue weighted by Gasteiger charge is 2.18. The number of methoxy groups -OCH3 is 2. The maximum Gasteiger partial charge on any atom is 0.341 e. The van der Waals surface area contributed by atoms with Crippen molar-refractivity contribution in [3.05, 3.63) is 29.3 Å². The van der Waals surface area contributed by atoms with E-state index < -0.39 is 11.9 Å². The van der Waals surface area contributed by atoms with Crippen LogP contribution in [0.1, 0.15) is 15.9 Å². The molecule has 16 heavy (non-hydrogen) atoms. The zero-order valence-electron chi connectivity index (χ0n) is 9.02. The molecule has 0 atom stereocenters. The molecule has 0 aliphatic rings. The lowest BCUT2D eigenvalue weighted by atomic mass is 10.0. The molecule has 0 unspecified atom stereocenters. The molecule has 1 N–H and O–H groups in total. The molecule has 0 saturated heterocycles. The number of aromatic hydroxyl groups is 1. The Labute approximate surface area is 92.6 Å². The molecule has 5 nitrogen and oxygen atoms in total. The second-order valence-electron chi connectivity index (χ2n) is 3.06. The Morgan fingerprint density at radius 2 is 1.94 bits per heavy atom. The molecule has 86 valence electrons. The average Bonchev–Trinajstić information content (AvgIpc) is 2.28. The van der Waals surface area contributed by atoms with Crippen LogP contribution in [0.3, 0.4) is 0 Å². The van der Waals surface area contributed by atoms with Gasteiger partial charge in [-0.2, -0.15) is 0 Å². The van der Waals surface area contributed by atoms with Crippen LogP contribution >= 0.6 is 0 Å². The van der Waals surface area contributed by atoms with E-state index in [4.69, 9.17) is 0 Å². The first-order valence-corrected chi connectivity index (χ1v) is 4.56. The largest absolute Gasteiger partial charge is 0.507 e. The zero-order valence-corrected chi connectivity index (χ0v) is 9.02. The minimum absolute atomic E-state index is 0.00426. The van der Waals surface area contributed by atoms with Crippen molar-refractivity contribution >= 4 is 11.9 Å². The number of phenols is 1. The summed E-state index contributed by atoms with van der Waals surface area (Å²) in [5, 5.41) is 9.53. The summed E-state index contributed by atoms with van der Waals surface area (Å²) in [6.45, 7) is 0. The van der Waals surface area contributed by atoms with Gasteiger partial charge in [0.15, 0.2) is 0 Å². The highest BCUT2D eigenvalue weighted by atomic mass is 16.5. The van der Waals surface area contributed by atoms with Crippen LogP contribution in [0.5, 0.6) is 5.75 Å². The van der Waals surface area contributed by atoms with Gasteiger partial charge in [0.25, 0.3) is 0 Å². The van der Waals surface area contributed by atoms with Crippen molar-refractivity contribution in [3.8, 4) is 5.75 Å². The van der Waals surface area contributed by atoms with Gasteiger partial charge in [-0.25, -0.2) is 4.79 Å². The van der Waals surface area contributed by atoms with Crippen LogP contribution in [0, 0.1) is 0 Å². The summed E-state index contributed by atoms with van der Waals surface area (Å²) in [5.41, 5.74) is 0.370. The van der Waals surface area contributed by atoms with Crippen molar-refractivity contribution in [3.63, 3.8) is 0 Å². The number of hydrogen-bond acceptors (Lipinski definition) is 5. The third-order valence-corrected chi connectivity index (χ3v) is 2.08. The highest BCUT2D eigenvalue weighted by Crippen LogP contribution is 2.22. The molecular formula is C11H12O5. The van der Waals surface area contributed by atoms with Crippen LogP contribution < -0.4 is 0 Å². The van der Waals surface area contributed by atoms with Gasteiger partial charge < -0.3 is 14.6 Å². The fourth-order valence-electron chi connectivity index (χ4n) is 1.30. The van der Waals surface area contributed by atoms with Gasteiger partial charge in [0.1, 0.15) is 11.3 Å². The van der Waals surface area contributed by atoms with Crippen LogP contribution in [-0.4, -0.2) is 31.3 Å². The molecule has 0 heterocycles. The molecule has 0 amide bonds. The van der Waals surface area contributed by atoms with Gasteiger partial charge in [0.05, 0.1) is 20.6 Å². The molecule has 1 rings (SSSR count). The van der Waals surface area contributed by atoms with Gasteiger partial charge in [-0.3, -0.25) is 4.79 Å². The van der Waals surface area contributed by atoms with E-state index in [0.717, 1.165) is 0 Å². The molecular weight excluding hydrogens is 212 g/mol. The number of carbonyl (C=O) groups is 2. The molecule has 1 aromatic carbocycles. The molecule has 0 bridgehead atoms. The molecule has 0 aromatic heterocycles. The second kappa shape index (κ2) is 5.16. The van der Waals surface area contributed by atoms with Crippen LogP contribution in [0.15, 0.2) is 18.2 Å². The number of benzene rings is 1. The Hall–Kier alpha value is -2.04. The lowest BCUT2D eigenvalue weighted by Crippen LogP contribution is -2.11. The number of carbonyl (C=O) groups excluding carboxylic acids is 2. The Morgan fingerprint density at radius 1 is 1.25 bits per heavy atom. The highest BCUT2D eigenvalue weighted by molar-refractivity contribution is 5.95. The Morgan fingerprint density at radius 3 is 2.50 bits per heavy atom. The van der Waals surface area contributed by atoms with Crippen LogP contribution in [0.25, 0.3) is 0 Å². The van der Waals surface area contributed by atoms with E-state index in [9.17, 15) is 14.7 Å². The fraction of sp³-hybridized carbons (Fsp3) is 0.273. The average molecular weight is 224 g/mol. The first-order chi connectivity index (χ1) is 7.60. The summed E-state index contributed by atoms with van der Waals surface area (Å²) in [5.74, 6) is -1.39. The zero-order chi connectivity index (χ0) is 12.1. The topological polar surface area (TPSA) is 72.8 Å². The Bertz CT molecular complexity index is 411. The van der Waals surface area contributed by atoms with E-state index in [1.165, 1.54) is 20.3 Å². The molecule has 1 aromatic rings. The van der Waals surface area contributed by atoms with Gasteiger partial charge in [0, 0.05) is 0 Å². The van der Waals surface area contributed by atoms with E-state index in [0.29, 0.717) is 5.56 Å². The molecule has 0 fully saturated rings. The second-order valence-corrected chi connectivity index (χ2v) is 3.06. The Balaban J connectivity index is 3.12. The molecule has 0 aliphatic carbocycles. The van der Waals surface area contributed by atoms with Crippen molar-refractivity contribution < 1.29 is 24.2 Å². The first-order valence-electron chi connectivity index (χ1n) is 4.56. The number of phenolic OH excluding ortho intramolecular Hbond substituents is 1. The SMILES string of the molecule is COC(=O)Cc1cccc(O)c1C(=O)OC. The van der Waals surface area contributed by atoms with Crippen molar-refractivity contribution in [1.29, 1.82) is 0 Å². The van der Waals surface area contributed by atoms with E-state index in [1.54, 1.807) is 12.1 Å². The van der Waals surface area contributed by atoms with E-state index in [-0.39, 0.29) is 17.7 Å². The van der Waals surface area contributed by atoms with E-state index in [2.05, 4.69) is 9.47 Å². The maximum atomic E-state index is 11.4. The maximum absolute atomic E-state index is 11.4. The lowest BCUT2D eigenvalue weighted by Gasteiger charge is -2.08. The molecule has 0 saturated carbocycles. The third kappa shape index (κ3) is 2.50. The predicted molar refractivity (Wildman–Crippen MR) is 55.2 cm³/mol. The van der Waals surface area contributed by atoms with Gasteiger partial charge in [-0.05, 0) is 11.6 Å². The molecule has 0 spiro atoms. The van der Waals surface area contributed by atoms with Crippen molar-refractivity contribution in [2.45, 2.75) is 6.42 Å². The van der Waals surface area contributed by atoms with E-state index >= 15 is 0 Å². The number of ether oxygens (including phenoxy) is 2. The summed E-state index contributed by atoms with van der Waals surface area (Å²) in [6.07, 6.45) is -0.0880. The summed E-state index contributed by atoms with van der Waals surface area (Å²) >= 11 is 0. The monoisotopic (exact) mass is 224 g/mol. The van der Waals surface area contributed by atoms with Crippen molar-refractivity contribution in [2.24, 2.45) is 0 Å². The van der Waals surface area contributed by atoms with Crippen LogP contribution in [0.4, 0.5) is 0 Å². The molecule has 0 radical (unpaired) electrons. The van der Waals surface area contributed by atoms with Crippen molar-refractivity contribution in [2.75, 3.05) is 14.2 Å². The summed E-state index contributed by atoms with van der Waals surface area (Å²) in [6, 6.07) is 4.45. The normalized spacial score (nSPS) is 9.62. The summed E-state index contributed by atoms with van der Waals surface area (Å²) < 4.78 is 9.01. The van der Waals surface area contributed by atoms with Gasteiger partial charge in [0.2, 0.25) is 0 Å². The summed E-state index contributed by atoms with van der Waals surface area (Å²) in [7, 11) is 2.46. The fourth-order valence-corrected chi connectivity index (χ4v) is 1.30. The number of rotatable bonds is 3. The smallest absolute Gasteiger partial charge is 0.341 e. The van der Waals surface area contributed by atoms with E-state index in [1.807, 2.05) is 0 Å². The molecule has 0 aliphatic heterocycles. The number of esters is 2. The number of hydrogen-bond donors (Lipinski definition) is 1. The summed E-state index contributed by atoms with van der Waals surface area (Å²) in [4.78, 5) is 22.5. The first kappa shape index (κ1) is 12.0. The predicted octanol–water partition coefficient (Wildman–Crippen LogP) is 0.894. The van der Waals surface area contributed by atoms with Crippen LogP contribution in [-0.2, 0) is 20.7 Å². The standard InChI is InChI=1S/C11H12O5/c1-15-9(13)6-7-4-3-5-8(12)10(7)11(14)16-2/h3-5,12H,6H2,1-2H3. The minimum Gasteiger partial charge on any atom is -0.507 e. The van der Waals surface area contributed by atoms with Gasteiger partial charge in [-0.1, -0.05) is 12.1 Å². The third-order valence-electron chi connectivity index (χ3n) is 2.08. The lowest BCUT2D eigenvalue weighted by molar-refractivity contribution is -0.139. The molecule has 5 heteroatoms. The quantitative estimate of drug-likeness (QED) is 0.772. The van der Waals surface area contributed by atoms with Gasteiger partial charge >= 0.3 is 11.9 Å². The Kier molecular flexibility index (Phi) is 3.88. The van der Waals surface area contributed by atoms with Crippen molar-refractivity contribution in [1.82, 2.24) is 0 Å². The minimum atomic E-state index is -0.683.